The van der Waals surface area contributed by atoms with Crippen LogP contribution in [-0.4, -0.2) is 21.2 Å². The Labute approximate surface area is 195 Å². The summed E-state index contributed by atoms with van der Waals surface area (Å²) >= 11 is 0. The molecule has 34 heavy (non-hydrogen) atoms. The SMILES string of the molecule is Nc1ccc2oc(CCc3ccccc3NC(=O)Nc3ccc(-c4ccccc4)nn3)nc2c1. The quantitative estimate of drug-likeness (QED) is 0.302. The first-order valence-corrected chi connectivity index (χ1v) is 10.8. The Kier molecular flexibility index (Phi) is 5.85. The van der Waals surface area contributed by atoms with Crippen molar-refractivity contribution in [3.05, 3.63) is 96.4 Å². The van der Waals surface area contributed by atoms with E-state index in [2.05, 4.69) is 25.8 Å². The first-order valence-electron chi connectivity index (χ1n) is 10.8. The van der Waals surface area contributed by atoms with E-state index >= 15 is 0 Å². The molecule has 0 atom stereocenters. The highest BCUT2D eigenvalue weighted by atomic mass is 16.3. The standard InChI is InChI=1S/C26H22N6O2/c27-19-11-13-23-22(16-19)28-25(34-23)15-10-18-8-4-5-9-20(18)29-26(33)30-24-14-12-21(31-32-24)17-6-2-1-3-7-17/h1-9,11-14,16H,10,15,27H2,(H2,29,30,32,33). The van der Waals surface area contributed by atoms with Gasteiger partial charge in [-0.1, -0.05) is 48.5 Å². The van der Waals surface area contributed by atoms with Crippen molar-refractivity contribution in [1.82, 2.24) is 15.2 Å². The number of para-hydroxylation sites is 1. The number of oxazole rings is 1. The van der Waals surface area contributed by atoms with Gasteiger partial charge in [0.1, 0.15) is 5.52 Å². The summed E-state index contributed by atoms with van der Waals surface area (Å²) in [5.41, 5.74) is 11.3. The number of benzene rings is 3. The Balaban J connectivity index is 1.22. The number of carbonyl (C=O) groups excluding carboxylic acids is 1. The maximum Gasteiger partial charge on any atom is 0.324 e. The molecule has 8 heteroatoms. The molecule has 0 radical (unpaired) electrons. The molecule has 5 aromatic rings. The Morgan fingerprint density at radius 3 is 2.50 bits per heavy atom. The largest absolute Gasteiger partial charge is 0.441 e. The third-order valence-corrected chi connectivity index (χ3v) is 5.31. The second-order valence-corrected chi connectivity index (χ2v) is 7.74. The summed E-state index contributed by atoms with van der Waals surface area (Å²) in [5, 5.41) is 13.9. The van der Waals surface area contributed by atoms with Crippen molar-refractivity contribution in [2.75, 3.05) is 16.4 Å². The van der Waals surface area contributed by atoms with E-state index in [9.17, 15) is 4.79 Å². The molecule has 3 aromatic carbocycles. The first kappa shape index (κ1) is 21.1. The van der Waals surface area contributed by atoms with Crippen molar-refractivity contribution < 1.29 is 9.21 Å². The van der Waals surface area contributed by atoms with Crippen LogP contribution < -0.4 is 16.4 Å². The number of nitrogens with one attached hydrogen (secondary N) is 2. The second kappa shape index (κ2) is 9.41. The van der Waals surface area contributed by atoms with Crippen molar-refractivity contribution in [1.29, 1.82) is 0 Å². The molecule has 2 aromatic heterocycles. The van der Waals surface area contributed by atoms with Crippen LogP contribution in [0.2, 0.25) is 0 Å². The first-order chi connectivity index (χ1) is 16.6. The molecular formula is C26H22N6O2. The average molecular weight is 451 g/mol. The van der Waals surface area contributed by atoms with Gasteiger partial charge in [-0.05, 0) is 48.4 Å². The molecule has 5 rings (SSSR count). The predicted octanol–water partition coefficient (Wildman–Crippen LogP) is 5.30. The summed E-state index contributed by atoms with van der Waals surface area (Å²) in [6.07, 6.45) is 1.23. The highest BCUT2D eigenvalue weighted by Crippen LogP contribution is 2.22. The number of nitrogens with zero attached hydrogens (tertiary/aromatic N) is 3. The number of hydrogen-bond donors (Lipinski definition) is 3. The minimum absolute atomic E-state index is 0.361. The van der Waals surface area contributed by atoms with Gasteiger partial charge in [0.25, 0.3) is 0 Å². The maximum atomic E-state index is 12.6. The van der Waals surface area contributed by atoms with Gasteiger partial charge in [-0.2, -0.15) is 0 Å². The van der Waals surface area contributed by atoms with Gasteiger partial charge in [0.15, 0.2) is 17.3 Å². The number of anilines is 3. The van der Waals surface area contributed by atoms with E-state index < -0.39 is 6.03 Å². The lowest BCUT2D eigenvalue weighted by Crippen LogP contribution is -2.21. The van der Waals surface area contributed by atoms with Crippen LogP contribution in [0.4, 0.5) is 22.0 Å². The fourth-order valence-corrected chi connectivity index (χ4v) is 3.63. The van der Waals surface area contributed by atoms with E-state index in [-0.39, 0.29) is 0 Å². The minimum Gasteiger partial charge on any atom is -0.441 e. The van der Waals surface area contributed by atoms with Crippen molar-refractivity contribution in [2.45, 2.75) is 12.8 Å². The minimum atomic E-state index is -0.397. The van der Waals surface area contributed by atoms with Gasteiger partial charge < -0.3 is 15.5 Å². The van der Waals surface area contributed by atoms with Gasteiger partial charge in [0.05, 0.1) is 5.69 Å². The summed E-state index contributed by atoms with van der Waals surface area (Å²) in [6, 6.07) is 25.9. The molecule has 2 heterocycles. The zero-order chi connectivity index (χ0) is 23.3. The van der Waals surface area contributed by atoms with Crippen molar-refractivity contribution in [3.63, 3.8) is 0 Å². The van der Waals surface area contributed by atoms with Gasteiger partial charge >= 0.3 is 6.03 Å². The average Bonchev–Trinajstić information content (AvgIpc) is 3.26. The summed E-state index contributed by atoms with van der Waals surface area (Å²) in [4.78, 5) is 17.1. The number of carbonyl (C=O) groups is 1. The number of aryl methyl sites for hydroxylation is 2. The zero-order valence-corrected chi connectivity index (χ0v) is 18.2. The molecule has 8 nitrogen and oxygen atoms in total. The van der Waals surface area contributed by atoms with Gasteiger partial charge in [-0.3, -0.25) is 5.32 Å². The summed E-state index contributed by atoms with van der Waals surface area (Å²) in [5.74, 6) is 0.981. The van der Waals surface area contributed by atoms with Crippen molar-refractivity contribution >= 4 is 34.3 Å². The number of nitrogens with two attached hydrogens (primary N) is 1. The summed E-state index contributed by atoms with van der Waals surface area (Å²) < 4.78 is 5.80. The lowest BCUT2D eigenvalue weighted by molar-refractivity contribution is 0.262. The van der Waals surface area contributed by atoms with E-state index in [4.69, 9.17) is 10.2 Å². The number of hydrogen-bond acceptors (Lipinski definition) is 6. The Morgan fingerprint density at radius 2 is 1.68 bits per heavy atom. The van der Waals surface area contributed by atoms with Crippen LogP contribution in [0.5, 0.6) is 0 Å². The molecule has 4 N–H and O–H groups in total. The van der Waals surface area contributed by atoms with Gasteiger partial charge in [0, 0.05) is 23.4 Å². The number of rotatable bonds is 6. The highest BCUT2D eigenvalue weighted by Gasteiger charge is 2.11. The van der Waals surface area contributed by atoms with E-state index in [0.717, 1.165) is 22.3 Å². The van der Waals surface area contributed by atoms with Crippen LogP contribution in [0, 0.1) is 0 Å². The van der Waals surface area contributed by atoms with Crippen LogP contribution in [0.25, 0.3) is 22.4 Å². The molecule has 0 bridgehead atoms. The highest BCUT2D eigenvalue weighted by molar-refractivity contribution is 5.99. The number of fused-ring (bicyclic) bond motifs is 1. The normalized spacial score (nSPS) is 10.8. The third kappa shape index (κ3) is 4.86. The van der Waals surface area contributed by atoms with Crippen molar-refractivity contribution in [3.8, 4) is 11.3 Å². The molecule has 0 saturated carbocycles. The summed E-state index contributed by atoms with van der Waals surface area (Å²) in [6.45, 7) is 0. The fourth-order valence-electron chi connectivity index (χ4n) is 3.63. The van der Waals surface area contributed by atoms with Gasteiger partial charge in [-0.15, -0.1) is 10.2 Å². The molecular weight excluding hydrogens is 428 g/mol. The van der Waals surface area contributed by atoms with Crippen LogP contribution in [0.3, 0.4) is 0 Å². The monoisotopic (exact) mass is 450 g/mol. The van der Waals surface area contributed by atoms with Crippen LogP contribution in [0.15, 0.2) is 89.3 Å². The number of nitrogen functional groups attached to an aromatic ring is 1. The number of aromatic nitrogens is 3. The topological polar surface area (TPSA) is 119 Å². The molecule has 0 aliphatic heterocycles. The Hall–Kier alpha value is -4.72. The van der Waals surface area contributed by atoms with Crippen LogP contribution in [0.1, 0.15) is 11.5 Å². The van der Waals surface area contributed by atoms with Crippen molar-refractivity contribution in [2.24, 2.45) is 0 Å². The lowest BCUT2D eigenvalue weighted by Gasteiger charge is -2.11. The van der Waals surface area contributed by atoms with E-state index in [1.807, 2.05) is 66.7 Å². The third-order valence-electron chi connectivity index (χ3n) is 5.31. The number of urea groups is 1. The zero-order valence-electron chi connectivity index (χ0n) is 18.2. The van der Waals surface area contributed by atoms with Gasteiger partial charge in [-0.25, -0.2) is 9.78 Å². The summed E-state index contributed by atoms with van der Waals surface area (Å²) in [7, 11) is 0. The molecule has 0 saturated heterocycles. The Bertz CT molecular complexity index is 1430. The van der Waals surface area contributed by atoms with E-state index in [0.29, 0.717) is 41.5 Å². The molecule has 0 aliphatic carbocycles. The molecule has 0 unspecified atom stereocenters. The lowest BCUT2D eigenvalue weighted by atomic mass is 10.1. The van der Waals surface area contributed by atoms with E-state index in [1.165, 1.54) is 0 Å². The molecule has 0 spiro atoms. The molecule has 168 valence electrons. The van der Waals surface area contributed by atoms with Crippen LogP contribution in [-0.2, 0) is 12.8 Å². The van der Waals surface area contributed by atoms with E-state index in [1.54, 1.807) is 18.2 Å². The molecule has 2 amide bonds. The Morgan fingerprint density at radius 1 is 0.853 bits per heavy atom. The number of amides is 2. The maximum absolute atomic E-state index is 12.6. The molecule has 0 fully saturated rings. The van der Waals surface area contributed by atoms with Gasteiger partial charge in [0.2, 0.25) is 0 Å². The predicted molar refractivity (Wildman–Crippen MR) is 132 cm³/mol. The molecule has 0 aliphatic rings. The fraction of sp³-hybridized carbons (Fsp3) is 0.0769. The smallest absolute Gasteiger partial charge is 0.324 e. The second-order valence-electron chi connectivity index (χ2n) is 7.74. The van der Waals surface area contributed by atoms with Crippen LogP contribution >= 0.6 is 0 Å².